The van der Waals surface area contributed by atoms with E-state index in [0.29, 0.717) is 46.2 Å². The van der Waals surface area contributed by atoms with Crippen LogP contribution in [0.15, 0.2) is 24.3 Å². The number of aryl methyl sites for hydroxylation is 1. The molecule has 1 aromatic carbocycles. The number of unbranched alkanes of at least 4 members (excludes halogenated alkanes) is 3. The van der Waals surface area contributed by atoms with Crippen LogP contribution in [0, 0.1) is 5.92 Å². The number of aliphatic hydroxyl groups excluding tert-OH is 1. The number of aliphatic hydroxyl groups is 1. The van der Waals surface area contributed by atoms with Crippen LogP contribution in [0.4, 0.5) is 0 Å². The first-order valence-electron chi connectivity index (χ1n) is 10.8. The molecule has 5 heteroatoms. The maximum atomic E-state index is 8.57. The van der Waals surface area contributed by atoms with E-state index in [2.05, 4.69) is 32.0 Å². The van der Waals surface area contributed by atoms with Crippen molar-refractivity contribution in [1.29, 1.82) is 0 Å². The van der Waals surface area contributed by atoms with E-state index in [1.54, 1.807) is 0 Å². The molecule has 1 N–H and O–H groups in total. The van der Waals surface area contributed by atoms with Gasteiger partial charge in [0.05, 0.1) is 46.2 Å². The third kappa shape index (κ3) is 14.9. The maximum absolute atomic E-state index is 8.57. The van der Waals surface area contributed by atoms with Crippen LogP contribution in [0.3, 0.4) is 0 Å². The normalized spacial score (nSPS) is 11.3. The van der Waals surface area contributed by atoms with Gasteiger partial charge >= 0.3 is 0 Å². The lowest BCUT2D eigenvalue weighted by molar-refractivity contribution is 0.00361. The molecule has 0 amide bonds. The van der Waals surface area contributed by atoms with Crippen LogP contribution >= 0.6 is 0 Å². The van der Waals surface area contributed by atoms with Crippen molar-refractivity contribution in [2.45, 2.75) is 52.4 Å². The second kappa shape index (κ2) is 17.9. The molecule has 28 heavy (non-hydrogen) atoms. The molecular weight excluding hydrogens is 356 g/mol. The molecule has 0 aromatic heterocycles. The molecule has 0 aliphatic heterocycles. The van der Waals surface area contributed by atoms with Gasteiger partial charge in [0.1, 0.15) is 12.4 Å². The van der Waals surface area contributed by atoms with Crippen molar-refractivity contribution in [3.05, 3.63) is 29.8 Å². The van der Waals surface area contributed by atoms with E-state index in [0.717, 1.165) is 18.1 Å². The molecule has 5 nitrogen and oxygen atoms in total. The van der Waals surface area contributed by atoms with Gasteiger partial charge in [-0.3, -0.25) is 0 Å². The topological polar surface area (TPSA) is 57.2 Å². The van der Waals surface area contributed by atoms with Crippen molar-refractivity contribution in [2.24, 2.45) is 5.92 Å². The lowest BCUT2D eigenvalue weighted by atomic mass is 10.0. The maximum Gasteiger partial charge on any atom is 0.119 e. The lowest BCUT2D eigenvalue weighted by Gasteiger charge is -2.09. The molecule has 1 rings (SSSR count). The molecule has 0 saturated carbocycles. The molecule has 0 fully saturated rings. The van der Waals surface area contributed by atoms with Gasteiger partial charge < -0.3 is 24.1 Å². The average molecular weight is 397 g/mol. The molecule has 1 aromatic rings. The molecule has 162 valence electrons. The average Bonchev–Trinajstić information content (AvgIpc) is 2.69. The van der Waals surface area contributed by atoms with Crippen molar-refractivity contribution < 1.29 is 24.1 Å². The molecule has 0 bridgehead atoms. The molecule has 0 atom stereocenters. The second-order valence-corrected chi connectivity index (χ2v) is 7.40. The quantitative estimate of drug-likeness (QED) is 0.354. The summed E-state index contributed by atoms with van der Waals surface area (Å²) in [6.07, 6.45) is 7.71. The minimum absolute atomic E-state index is 0.0461. The summed E-state index contributed by atoms with van der Waals surface area (Å²) in [7, 11) is 0. The lowest BCUT2D eigenvalue weighted by Crippen LogP contribution is -2.13. The van der Waals surface area contributed by atoms with E-state index in [-0.39, 0.29) is 6.61 Å². The van der Waals surface area contributed by atoms with Crippen molar-refractivity contribution in [2.75, 3.05) is 52.9 Å². The third-order valence-corrected chi connectivity index (χ3v) is 4.37. The zero-order chi connectivity index (χ0) is 20.3. The highest BCUT2D eigenvalue weighted by atomic mass is 16.6. The summed E-state index contributed by atoms with van der Waals surface area (Å²) < 4.78 is 21.7. The highest BCUT2D eigenvalue weighted by Gasteiger charge is 1.99. The van der Waals surface area contributed by atoms with Crippen LogP contribution in [0.1, 0.15) is 51.5 Å². The minimum atomic E-state index is 0.0461. The first-order valence-corrected chi connectivity index (χ1v) is 10.8. The Morgan fingerprint density at radius 1 is 0.786 bits per heavy atom. The van der Waals surface area contributed by atoms with Gasteiger partial charge in [-0.2, -0.15) is 0 Å². The Bertz CT molecular complexity index is 464. The van der Waals surface area contributed by atoms with E-state index in [4.69, 9.17) is 24.1 Å². The Morgan fingerprint density at radius 2 is 1.43 bits per heavy atom. The van der Waals surface area contributed by atoms with Gasteiger partial charge in [0.15, 0.2) is 0 Å². The Hall–Kier alpha value is -1.14. The van der Waals surface area contributed by atoms with Gasteiger partial charge in [-0.15, -0.1) is 0 Å². The molecule has 0 radical (unpaired) electrons. The monoisotopic (exact) mass is 396 g/mol. The Kier molecular flexibility index (Phi) is 15.9. The number of ether oxygens (including phenoxy) is 4. The van der Waals surface area contributed by atoms with Crippen LogP contribution in [0.25, 0.3) is 0 Å². The van der Waals surface area contributed by atoms with Gasteiger partial charge in [-0.05, 0) is 36.5 Å². The molecule has 0 aliphatic carbocycles. The fourth-order valence-electron chi connectivity index (χ4n) is 2.85. The summed E-state index contributed by atoms with van der Waals surface area (Å²) in [6.45, 7) is 8.17. The molecule has 0 saturated heterocycles. The van der Waals surface area contributed by atoms with E-state index in [1.807, 2.05) is 6.07 Å². The molecule has 0 unspecified atom stereocenters. The largest absolute Gasteiger partial charge is 0.491 e. The van der Waals surface area contributed by atoms with Gasteiger partial charge in [-0.25, -0.2) is 0 Å². The summed E-state index contributed by atoms with van der Waals surface area (Å²) in [5, 5.41) is 8.57. The standard InChI is InChI=1S/C23H40O5/c1-21(2)8-5-3-4-6-9-22-10-7-11-23(20-22)28-19-18-27-17-16-26-15-14-25-13-12-24/h7,10-11,20-21,24H,3-6,8-9,12-19H2,1-2H3. The van der Waals surface area contributed by atoms with Gasteiger partial charge in [0, 0.05) is 0 Å². The highest BCUT2D eigenvalue weighted by molar-refractivity contribution is 5.28. The van der Waals surface area contributed by atoms with E-state index < -0.39 is 0 Å². The Labute approximate surface area is 171 Å². The van der Waals surface area contributed by atoms with Gasteiger partial charge in [0.25, 0.3) is 0 Å². The summed E-state index contributed by atoms with van der Waals surface area (Å²) in [5.41, 5.74) is 1.35. The predicted molar refractivity (Wildman–Crippen MR) is 113 cm³/mol. The smallest absolute Gasteiger partial charge is 0.119 e. The number of rotatable bonds is 19. The summed E-state index contributed by atoms with van der Waals surface area (Å²) in [6, 6.07) is 8.39. The van der Waals surface area contributed by atoms with Crippen LogP contribution in [0.5, 0.6) is 5.75 Å². The molecule has 0 heterocycles. The van der Waals surface area contributed by atoms with Crippen molar-refractivity contribution in [3.63, 3.8) is 0 Å². The van der Waals surface area contributed by atoms with Crippen molar-refractivity contribution in [3.8, 4) is 5.75 Å². The van der Waals surface area contributed by atoms with Crippen molar-refractivity contribution in [1.82, 2.24) is 0 Å². The Morgan fingerprint density at radius 3 is 2.11 bits per heavy atom. The summed E-state index contributed by atoms with van der Waals surface area (Å²) >= 11 is 0. The van der Waals surface area contributed by atoms with Crippen LogP contribution in [-0.2, 0) is 20.6 Å². The second-order valence-electron chi connectivity index (χ2n) is 7.40. The minimum Gasteiger partial charge on any atom is -0.491 e. The number of hydrogen-bond donors (Lipinski definition) is 1. The first kappa shape index (κ1) is 24.9. The van der Waals surface area contributed by atoms with Gasteiger partial charge in [-0.1, -0.05) is 51.7 Å². The fraction of sp³-hybridized carbons (Fsp3) is 0.739. The molecule has 0 spiro atoms. The fourth-order valence-corrected chi connectivity index (χ4v) is 2.85. The zero-order valence-corrected chi connectivity index (χ0v) is 17.9. The summed E-state index contributed by atoms with van der Waals surface area (Å²) in [5.74, 6) is 1.74. The van der Waals surface area contributed by atoms with Crippen LogP contribution in [-0.4, -0.2) is 58.0 Å². The first-order chi connectivity index (χ1) is 13.7. The van der Waals surface area contributed by atoms with Crippen LogP contribution < -0.4 is 4.74 Å². The predicted octanol–water partition coefficient (Wildman–Crippen LogP) is 4.26. The molecular formula is C23H40O5. The van der Waals surface area contributed by atoms with E-state index >= 15 is 0 Å². The zero-order valence-electron chi connectivity index (χ0n) is 17.9. The Balaban J connectivity index is 2.00. The number of benzene rings is 1. The molecule has 0 aliphatic rings. The third-order valence-electron chi connectivity index (χ3n) is 4.37. The van der Waals surface area contributed by atoms with Crippen LogP contribution in [0.2, 0.25) is 0 Å². The highest BCUT2D eigenvalue weighted by Crippen LogP contribution is 2.16. The van der Waals surface area contributed by atoms with E-state index in [1.165, 1.54) is 37.7 Å². The SMILES string of the molecule is CC(C)CCCCCCc1cccc(OCCOCCOCCOCCO)c1. The van der Waals surface area contributed by atoms with Gasteiger partial charge in [0.2, 0.25) is 0 Å². The number of hydrogen-bond acceptors (Lipinski definition) is 5. The van der Waals surface area contributed by atoms with E-state index in [9.17, 15) is 0 Å². The van der Waals surface area contributed by atoms with Crippen molar-refractivity contribution >= 4 is 0 Å². The summed E-state index contributed by atoms with van der Waals surface area (Å²) in [4.78, 5) is 0.